The van der Waals surface area contributed by atoms with Crippen LogP contribution in [0.2, 0.25) is 0 Å². The van der Waals surface area contributed by atoms with Gasteiger partial charge in [-0.2, -0.15) is 4.31 Å². The minimum Gasteiger partial charge on any atom is -0.486 e. The van der Waals surface area contributed by atoms with Crippen LogP contribution in [0.1, 0.15) is 24.8 Å². The third-order valence-corrected chi connectivity index (χ3v) is 8.83. The van der Waals surface area contributed by atoms with Gasteiger partial charge in [-0.1, -0.05) is 30.3 Å². The predicted octanol–water partition coefficient (Wildman–Crippen LogP) is 4.07. The van der Waals surface area contributed by atoms with Gasteiger partial charge in [0, 0.05) is 49.6 Å². The highest BCUT2D eigenvalue weighted by molar-refractivity contribution is 7.88. The van der Waals surface area contributed by atoms with Gasteiger partial charge in [0.15, 0.2) is 0 Å². The summed E-state index contributed by atoms with van der Waals surface area (Å²) in [6, 6.07) is 11.4. The molecule has 39 heavy (non-hydrogen) atoms. The molecular formula is C27H31F3N4O4S. The number of nitrogens with one attached hydrogen (secondary N) is 2. The molecule has 210 valence electrons. The highest BCUT2D eigenvalue weighted by Gasteiger charge is 2.42. The van der Waals surface area contributed by atoms with Gasteiger partial charge >= 0.3 is 0 Å². The number of carbonyl (C=O) groups is 1. The lowest BCUT2D eigenvalue weighted by Crippen LogP contribution is -2.49. The summed E-state index contributed by atoms with van der Waals surface area (Å²) in [4.78, 5) is 14.9. The smallest absolute Gasteiger partial charge is 0.293 e. The van der Waals surface area contributed by atoms with Gasteiger partial charge in [-0.3, -0.25) is 9.18 Å². The number of anilines is 1. The Labute approximate surface area is 226 Å². The van der Waals surface area contributed by atoms with Gasteiger partial charge < -0.3 is 20.4 Å². The summed E-state index contributed by atoms with van der Waals surface area (Å²) in [6.45, 7) is 0.126. The number of nitrogens with zero attached hydrogens (tertiary/aromatic N) is 2. The maximum Gasteiger partial charge on any atom is 0.293 e. The van der Waals surface area contributed by atoms with Crippen molar-refractivity contribution in [1.82, 2.24) is 9.21 Å². The highest BCUT2D eigenvalue weighted by Crippen LogP contribution is 2.49. The zero-order valence-electron chi connectivity index (χ0n) is 21.3. The summed E-state index contributed by atoms with van der Waals surface area (Å²) < 4.78 is 73.7. The van der Waals surface area contributed by atoms with Gasteiger partial charge in [-0.25, -0.2) is 17.2 Å². The van der Waals surface area contributed by atoms with Crippen LogP contribution in [0.5, 0.6) is 0 Å². The lowest BCUT2D eigenvalue weighted by atomic mass is 10.1. The van der Waals surface area contributed by atoms with Gasteiger partial charge in [0.2, 0.25) is 15.8 Å². The fourth-order valence-corrected chi connectivity index (χ4v) is 5.97. The molecule has 1 saturated heterocycles. The molecule has 12 heteroatoms. The van der Waals surface area contributed by atoms with E-state index in [2.05, 4.69) is 5.32 Å². The molecule has 1 amide bonds. The number of piperazine rings is 1. The minimum absolute atomic E-state index is 0.00689. The Hall–Kier alpha value is -3.38. The lowest BCUT2D eigenvalue weighted by Gasteiger charge is -2.36. The largest absolute Gasteiger partial charge is 0.486 e. The van der Waals surface area contributed by atoms with E-state index in [4.69, 9.17) is 10.1 Å². The Kier molecular flexibility index (Phi) is 8.96. The van der Waals surface area contributed by atoms with Crippen molar-refractivity contribution in [3.63, 3.8) is 0 Å². The SMILES string of the molecule is N=C/C(=C(/OCCC1(CF)CC1)C(=O)Nc1cc(F)cc(F)c1)N1CCN(S(=O)(=O)Cc2ccccc2)CC1. The third kappa shape index (κ3) is 7.39. The average molecular weight is 565 g/mol. The van der Waals surface area contributed by atoms with Crippen LogP contribution in [0, 0.1) is 22.5 Å². The quantitative estimate of drug-likeness (QED) is 0.230. The number of benzene rings is 2. The molecule has 1 heterocycles. The Balaban J connectivity index is 1.50. The molecule has 0 aromatic heterocycles. The molecule has 8 nitrogen and oxygen atoms in total. The number of hydrogen-bond acceptors (Lipinski definition) is 6. The molecule has 1 saturated carbocycles. The van der Waals surface area contributed by atoms with E-state index >= 15 is 0 Å². The van der Waals surface area contributed by atoms with E-state index < -0.39 is 39.7 Å². The number of alkyl halides is 1. The van der Waals surface area contributed by atoms with Crippen LogP contribution in [0.3, 0.4) is 0 Å². The first-order valence-corrected chi connectivity index (χ1v) is 14.2. The number of allylic oxidation sites excluding steroid dienone is 1. The van der Waals surface area contributed by atoms with Crippen LogP contribution in [0.4, 0.5) is 18.9 Å². The zero-order chi connectivity index (χ0) is 28.0. The first-order valence-electron chi connectivity index (χ1n) is 12.6. The van der Waals surface area contributed by atoms with Crippen LogP contribution >= 0.6 is 0 Å². The minimum atomic E-state index is -3.59. The number of sulfonamides is 1. The van der Waals surface area contributed by atoms with Crippen molar-refractivity contribution in [3.05, 3.63) is 77.2 Å². The van der Waals surface area contributed by atoms with Crippen LogP contribution in [-0.4, -0.2) is 69.2 Å². The molecule has 0 bridgehead atoms. The summed E-state index contributed by atoms with van der Waals surface area (Å²) in [5.74, 6) is -2.99. The summed E-state index contributed by atoms with van der Waals surface area (Å²) in [5, 5.41) is 10.4. The molecule has 0 radical (unpaired) electrons. The molecule has 2 aromatic carbocycles. The van der Waals surface area contributed by atoms with E-state index in [-0.39, 0.29) is 55.7 Å². The normalized spacial score (nSPS) is 17.8. The summed E-state index contributed by atoms with van der Waals surface area (Å²) in [5.41, 5.74) is 0.163. The van der Waals surface area contributed by atoms with Crippen molar-refractivity contribution in [1.29, 1.82) is 5.41 Å². The van der Waals surface area contributed by atoms with Crippen molar-refractivity contribution in [2.45, 2.75) is 25.0 Å². The first-order chi connectivity index (χ1) is 18.6. The Morgan fingerprint density at radius 3 is 2.26 bits per heavy atom. The van der Waals surface area contributed by atoms with E-state index in [0.29, 0.717) is 18.1 Å². The molecule has 4 rings (SSSR count). The maximum atomic E-state index is 13.7. The van der Waals surface area contributed by atoms with Gasteiger partial charge in [0.05, 0.1) is 19.0 Å². The number of carbonyl (C=O) groups excluding carboxylic acids is 1. The molecule has 2 aromatic rings. The molecule has 2 fully saturated rings. The van der Waals surface area contributed by atoms with Gasteiger partial charge in [-0.15, -0.1) is 0 Å². The van der Waals surface area contributed by atoms with Gasteiger partial charge in [0.25, 0.3) is 5.91 Å². The highest BCUT2D eigenvalue weighted by atomic mass is 32.2. The molecule has 0 unspecified atom stereocenters. The molecule has 1 aliphatic heterocycles. The van der Waals surface area contributed by atoms with E-state index in [1.807, 2.05) is 6.07 Å². The maximum absolute atomic E-state index is 13.7. The second-order valence-corrected chi connectivity index (χ2v) is 11.8. The monoisotopic (exact) mass is 564 g/mol. The van der Waals surface area contributed by atoms with Crippen molar-refractivity contribution in [2.24, 2.45) is 5.41 Å². The Morgan fingerprint density at radius 1 is 1.05 bits per heavy atom. The van der Waals surface area contributed by atoms with E-state index in [9.17, 15) is 26.4 Å². The molecule has 0 spiro atoms. The van der Waals surface area contributed by atoms with Crippen molar-refractivity contribution in [3.8, 4) is 0 Å². The predicted molar refractivity (Wildman–Crippen MR) is 141 cm³/mol. The van der Waals surface area contributed by atoms with Crippen molar-refractivity contribution in [2.75, 3.05) is 44.8 Å². The summed E-state index contributed by atoms with van der Waals surface area (Å²) in [7, 11) is -3.59. The summed E-state index contributed by atoms with van der Waals surface area (Å²) in [6.07, 6.45) is 2.73. The zero-order valence-corrected chi connectivity index (χ0v) is 22.2. The Morgan fingerprint density at radius 2 is 1.69 bits per heavy atom. The number of amides is 1. The lowest BCUT2D eigenvalue weighted by molar-refractivity contribution is -0.116. The van der Waals surface area contributed by atoms with Gasteiger partial charge in [-0.05, 0) is 37.0 Å². The first kappa shape index (κ1) is 28.6. The van der Waals surface area contributed by atoms with Crippen LogP contribution in [0.25, 0.3) is 0 Å². The van der Waals surface area contributed by atoms with E-state index in [1.54, 1.807) is 29.2 Å². The fourth-order valence-electron chi connectivity index (χ4n) is 4.45. The van der Waals surface area contributed by atoms with Crippen molar-refractivity contribution >= 4 is 27.8 Å². The van der Waals surface area contributed by atoms with Crippen LogP contribution in [0.15, 0.2) is 60.0 Å². The number of halogens is 3. The molecular weight excluding hydrogens is 533 g/mol. The molecule has 2 N–H and O–H groups in total. The fraction of sp³-hybridized carbons (Fsp3) is 0.407. The second-order valence-electron chi connectivity index (χ2n) is 9.83. The number of hydrogen-bond donors (Lipinski definition) is 2. The molecule has 1 aliphatic carbocycles. The average Bonchev–Trinajstić information content (AvgIpc) is 3.68. The second kappa shape index (κ2) is 12.2. The molecule has 2 aliphatic rings. The number of ether oxygens (including phenoxy) is 1. The van der Waals surface area contributed by atoms with Gasteiger partial charge in [0.1, 0.15) is 17.3 Å². The van der Waals surface area contributed by atoms with Crippen LogP contribution in [-0.2, 0) is 25.3 Å². The molecule has 0 atom stereocenters. The third-order valence-electron chi connectivity index (χ3n) is 6.98. The van der Waals surface area contributed by atoms with E-state index in [1.165, 1.54) is 4.31 Å². The Bertz CT molecular complexity index is 1310. The van der Waals surface area contributed by atoms with Crippen molar-refractivity contribution < 1.29 is 31.1 Å². The summed E-state index contributed by atoms with van der Waals surface area (Å²) >= 11 is 0. The van der Waals surface area contributed by atoms with E-state index in [0.717, 1.165) is 31.2 Å². The topological polar surface area (TPSA) is 103 Å². The van der Waals surface area contributed by atoms with Crippen LogP contribution < -0.4 is 5.32 Å². The standard InChI is InChI=1S/C27H31F3N4O4S/c28-19-27(6-7-27)8-13-38-25(26(35)32-23-15-21(29)14-22(30)16-23)24(17-31)33-9-11-34(12-10-33)39(36,37)18-20-4-2-1-3-5-20/h1-5,14-17,31H,6-13,18-19H2,(H,32,35)/b25-24-,31-17?. The number of rotatable bonds is 12.